The minimum Gasteiger partial charge on any atom is -0.376 e. The fourth-order valence-electron chi connectivity index (χ4n) is 0.827. The molecule has 0 saturated heterocycles. The van der Waals surface area contributed by atoms with E-state index in [0.29, 0.717) is 12.1 Å². The monoisotopic (exact) mass is 146 g/mol. The molecule has 0 saturated carbocycles. The van der Waals surface area contributed by atoms with E-state index < -0.39 is 0 Å². The molecule has 0 fully saturated rings. The Labute approximate surface area is 64.4 Å². The van der Waals surface area contributed by atoms with Crippen LogP contribution in [0.4, 0.5) is 0 Å². The Balaban J connectivity index is 3.94. The Morgan fingerprint density at radius 1 is 1.10 bits per heavy atom. The van der Waals surface area contributed by atoms with Gasteiger partial charge in [0.25, 0.3) is 0 Å². The molecule has 2 nitrogen and oxygen atoms in total. The maximum absolute atomic E-state index is 5.22. The van der Waals surface area contributed by atoms with Crippen LogP contribution in [0, 0.1) is 0 Å². The van der Waals surface area contributed by atoms with Gasteiger partial charge in [-0.1, -0.05) is 0 Å². The predicted molar refractivity (Wildman–Crippen MR) is 44.0 cm³/mol. The topological polar surface area (TPSA) is 9.23 Å². The van der Waals surface area contributed by atoms with Gasteiger partial charge in [0.05, 0.1) is 21.1 Å². The third-order valence-corrected chi connectivity index (χ3v) is 2.27. The van der Waals surface area contributed by atoms with Gasteiger partial charge >= 0.3 is 0 Å². The second kappa shape index (κ2) is 3.35. The highest BCUT2D eigenvalue weighted by molar-refractivity contribution is 4.58. The van der Waals surface area contributed by atoms with Gasteiger partial charge < -0.3 is 9.22 Å². The van der Waals surface area contributed by atoms with Crippen LogP contribution in [-0.4, -0.2) is 44.9 Å². The van der Waals surface area contributed by atoms with Gasteiger partial charge in [0.1, 0.15) is 12.1 Å². The van der Waals surface area contributed by atoms with Crippen molar-refractivity contribution in [2.75, 3.05) is 28.3 Å². The molecular weight excluding hydrogens is 126 g/mol. The first-order valence-corrected chi connectivity index (χ1v) is 3.73. The first kappa shape index (κ1) is 9.92. The second-order valence-electron chi connectivity index (χ2n) is 3.80. The van der Waals surface area contributed by atoms with Crippen LogP contribution < -0.4 is 0 Å². The number of nitrogens with zero attached hydrogens (tertiary/aromatic N) is 1. The summed E-state index contributed by atoms with van der Waals surface area (Å²) in [6, 6.07) is 0.546. The van der Waals surface area contributed by atoms with Crippen LogP contribution in [0.1, 0.15) is 13.8 Å². The van der Waals surface area contributed by atoms with Crippen LogP contribution in [0.25, 0.3) is 0 Å². The molecule has 0 amide bonds. The van der Waals surface area contributed by atoms with E-state index in [1.165, 1.54) is 0 Å². The van der Waals surface area contributed by atoms with Crippen molar-refractivity contribution in [1.29, 1.82) is 0 Å². The average molecular weight is 146 g/mol. The highest BCUT2D eigenvalue weighted by atomic mass is 16.5. The number of ether oxygens (including phenoxy) is 1. The minimum atomic E-state index is 0.333. The molecule has 0 rings (SSSR count). The molecule has 0 aromatic heterocycles. The summed E-state index contributed by atoms with van der Waals surface area (Å²) >= 11 is 0. The lowest BCUT2D eigenvalue weighted by Gasteiger charge is -2.34. The molecule has 0 bridgehead atoms. The van der Waals surface area contributed by atoms with Gasteiger partial charge in [-0.15, -0.1) is 0 Å². The molecule has 0 N–H and O–H groups in total. The number of methoxy groups -OCH3 is 1. The van der Waals surface area contributed by atoms with Crippen molar-refractivity contribution in [2.24, 2.45) is 0 Å². The van der Waals surface area contributed by atoms with Crippen LogP contribution >= 0.6 is 0 Å². The smallest absolute Gasteiger partial charge is 0.112 e. The van der Waals surface area contributed by atoms with E-state index in [-0.39, 0.29) is 0 Å². The summed E-state index contributed by atoms with van der Waals surface area (Å²) in [5, 5.41) is 0. The lowest BCUT2D eigenvalue weighted by Crippen LogP contribution is -2.49. The lowest BCUT2D eigenvalue weighted by atomic mass is 10.2. The van der Waals surface area contributed by atoms with Crippen molar-refractivity contribution in [2.45, 2.75) is 26.0 Å². The van der Waals surface area contributed by atoms with Gasteiger partial charge in [-0.2, -0.15) is 0 Å². The predicted octanol–water partition coefficient (Wildman–Crippen LogP) is 1.12. The maximum atomic E-state index is 5.22. The summed E-state index contributed by atoms with van der Waals surface area (Å²) in [6.45, 7) is 4.31. The zero-order valence-electron chi connectivity index (χ0n) is 8.01. The lowest BCUT2D eigenvalue weighted by molar-refractivity contribution is -0.897. The molecule has 0 heterocycles. The minimum absolute atomic E-state index is 0.333. The molecular formula is C8H20NO+. The largest absolute Gasteiger partial charge is 0.376 e. The van der Waals surface area contributed by atoms with Gasteiger partial charge in [-0.25, -0.2) is 0 Å². The first-order valence-electron chi connectivity index (χ1n) is 3.73. The summed E-state index contributed by atoms with van der Waals surface area (Å²) < 4.78 is 6.18. The molecule has 62 valence electrons. The SMILES string of the molecule is COC(C)C(C)[N+](C)(C)C. The molecule has 0 aliphatic rings. The Hall–Kier alpha value is -0.0800. The molecule has 0 aromatic rings. The van der Waals surface area contributed by atoms with Crippen LogP contribution in [-0.2, 0) is 4.74 Å². The van der Waals surface area contributed by atoms with E-state index in [1.807, 2.05) is 0 Å². The van der Waals surface area contributed by atoms with Crippen LogP contribution in [0.15, 0.2) is 0 Å². The zero-order valence-corrected chi connectivity index (χ0v) is 8.01. The molecule has 0 spiro atoms. The van der Waals surface area contributed by atoms with Crippen LogP contribution in [0.2, 0.25) is 0 Å². The zero-order chi connectivity index (χ0) is 8.36. The molecule has 0 aliphatic heterocycles. The average Bonchev–Trinajstić information content (AvgIpc) is 1.83. The molecule has 10 heavy (non-hydrogen) atoms. The Bertz CT molecular complexity index is 95.9. The summed E-state index contributed by atoms with van der Waals surface area (Å²) in [5.41, 5.74) is 0. The normalized spacial score (nSPS) is 18.6. The van der Waals surface area contributed by atoms with Crippen LogP contribution in [0.5, 0.6) is 0 Å². The fraction of sp³-hybridized carbons (Fsp3) is 1.00. The summed E-state index contributed by atoms with van der Waals surface area (Å²) in [5.74, 6) is 0. The Morgan fingerprint density at radius 3 is 1.60 bits per heavy atom. The van der Waals surface area contributed by atoms with Crippen molar-refractivity contribution >= 4 is 0 Å². The quantitative estimate of drug-likeness (QED) is 0.542. The number of quaternary nitrogens is 1. The van der Waals surface area contributed by atoms with E-state index in [2.05, 4.69) is 35.0 Å². The van der Waals surface area contributed by atoms with Crippen molar-refractivity contribution < 1.29 is 9.22 Å². The van der Waals surface area contributed by atoms with Gasteiger partial charge in [-0.3, -0.25) is 0 Å². The Morgan fingerprint density at radius 2 is 1.50 bits per heavy atom. The highest BCUT2D eigenvalue weighted by Gasteiger charge is 2.24. The van der Waals surface area contributed by atoms with Crippen molar-refractivity contribution in [3.05, 3.63) is 0 Å². The molecule has 2 heteroatoms. The second-order valence-corrected chi connectivity index (χ2v) is 3.80. The van der Waals surface area contributed by atoms with Crippen molar-refractivity contribution in [3.8, 4) is 0 Å². The van der Waals surface area contributed by atoms with E-state index in [4.69, 9.17) is 4.74 Å². The van der Waals surface area contributed by atoms with Gasteiger partial charge in [0.2, 0.25) is 0 Å². The number of hydrogen-bond donors (Lipinski definition) is 0. The van der Waals surface area contributed by atoms with Crippen molar-refractivity contribution in [1.82, 2.24) is 0 Å². The molecule has 0 aromatic carbocycles. The van der Waals surface area contributed by atoms with E-state index >= 15 is 0 Å². The van der Waals surface area contributed by atoms with Gasteiger partial charge in [0.15, 0.2) is 0 Å². The molecule has 2 unspecified atom stereocenters. The van der Waals surface area contributed by atoms with Gasteiger partial charge in [0, 0.05) is 7.11 Å². The summed E-state index contributed by atoms with van der Waals surface area (Å²) in [4.78, 5) is 0. The van der Waals surface area contributed by atoms with Gasteiger partial charge in [-0.05, 0) is 13.8 Å². The highest BCUT2D eigenvalue weighted by Crippen LogP contribution is 2.08. The van der Waals surface area contributed by atoms with E-state index in [9.17, 15) is 0 Å². The summed E-state index contributed by atoms with van der Waals surface area (Å²) in [7, 11) is 8.30. The number of rotatable bonds is 3. The molecule has 2 atom stereocenters. The Kier molecular flexibility index (Phi) is 3.33. The standard InChI is InChI=1S/C8H20NO/c1-7(8(2)10-6)9(3,4)5/h7-8H,1-6H3/q+1. The molecule has 0 radical (unpaired) electrons. The van der Waals surface area contributed by atoms with Crippen LogP contribution in [0.3, 0.4) is 0 Å². The van der Waals surface area contributed by atoms with Crippen molar-refractivity contribution in [3.63, 3.8) is 0 Å². The maximum Gasteiger partial charge on any atom is 0.112 e. The van der Waals surface area contributed by atoms with E-state index in [1.54, 1.807) is 7.11 Å². The number of likely N-dealkylation sites (N-methyl/N-ethyl adjacent to an activating group) is 1. The number of hydrogen-bond acceptors (Lipinski definition) is 1. The third-order valence-electron chi connectivity index (χ3n) is 2.27. The third kappa shape index (κ3) is 2.67. The molecule has 0 aliphatic carbocycles. The summed E-state index contributed by atoms with van der Waals surface area (Å²) in [6.07, 6.45) is 0.333. The van der Waals surface area contributed by atoms with E-state index in [0.717, 1.165) is 4.48 Å². The first-order chi connectivity index (χ1) is 4.39. The fourth-order valence-corrected chi connectivity index (χ4v) is 0.827.